The van der Waals surface area contributed by atoms with Crippen molar-refractivity contribution in [3.63, 3.8) is 0 Å². The number of hydrogen-bond acceptors (Lipinski definition) is 5. The summed E-state index contributed by atoms with van der Waals surface area (Å²) in [5, 5.41) is 12.9. The number of alkyl halides is 1. The van der Waals surface area contributed by atoms with Crippen LogP contribution >= 0.6 is 22.9 Å². The summed E-state index contributed by atoms with van der Waals surface area (Å²) >= 11 is 7.92. The first-order valence-electron chi connectivity index (χ1n) is 12.7. The highest BCUT2D eigenvalue weighted by Crippen LogP contribution is 2.36. The number of benzene rings is 1. The number of thiophene rings is 1. The normalized spacial score (nSPS) is 19.4. The van der Waals surface area contributed by atoms with Crippen LogP contribution in [0.25, 0.3) is 10.9 Å². The van der Waals surface area contributed by atoms with E-state index in [0.29, 0.717) is 30.1 Å². The molecule has 1 aliphatic rings. The monoisotopic (exact) mass is 532 g/mol. The number of rotatable bonds is 12. The summed E-state index contributed by atoms with van der Waals surface area (Å²) in [5.41, 5.74) is 1.40. The number of aromatic nitrogens is 1. The highest BCUT2D eigenvalue weighted by atomic mass is 35.5. The van der Waals surface area contributed by atoms with Crippen LogP contribution in [0.3, 0.4) is 0 Å². The zero-order valence-corrected chi connectivity index (χ0v) is 22.2. The summed E-state index contributed by atoms with van der Waals surface area (Å²) in [7, 11) is 1.60. The molecule has 5 nitrogen and oxygen atoms in total. The van der Waals surface area contributed by atoms with Gasteiger partial charge in [-0.3, -0.25) is 9.78 Å². The Hall–Kier alpha value is -2.22. The minimum absolute atomic E-state index is 0.160. The number of methoxy groups -OCH3 is 1. The number of likely N-dealkylation sites (tertiary alicyclic amines) is 1. The Morgan fingerprint density at radius 1 is 1.31 bits per heavy atom. The van der Waals surface area contributed by atoms with Crippen LogP contribution in [0.4, 0.5) is 4.39 Å². The van der Waals surface area contributed by atoms with Crippen LogP contribution in [0, 0.1) is 11.8 Å². The lowest BCUT2D eigenvalue weighted by molar-refractivity contribution is -0.137. The molecule has 1 N–H and O–H groups in total. The van der Waals surface area contributed by atoms with Crippen molar-refractivity contribution in [2.75, 3.05) is 26.7 Å². The smallest absolute Gasteiger partial charge is 0.303 e. The maximum absolute atomic E-state index is 15.5. The van der Waals surface area contributed by atoms with Gasteiger partial charge in [0.1, 0.15) is 11.9 Å². The molecule has 1 aromatic carbocycles. The lowest BCUT2D eigenvalue weighted by Crippen LogP contribution is -2.41. The molecule has 4 rings (SSSR count). The van der Waals surface area contributed by atoms with Gasteiger partial charge in [-0.15, -0.1) is 11.3 Å². The van der Waals surface area contributed by atoms with Crippen LogP contribution in [0.15, 0.2) is 41.9 Å². The van der Waals surface area contributed by atoms with Gasteiger partial charge in [0, 0.05) is 29.4 Å². The minimum Gasteiger partial charge on any atom is -0.497 e. The van der Waals surface area contributed by atoms with Gasteiger partial charge in [-0.05, 0) is 105 Å². The van der Waals surface area contributed by atoms with E-state index in [1.807, 2.05) is 29.6 Å². The molecule has 1 fully saturated rings. The highest BCUT2D eigenvalue weighted by molar-refractivity contribution is 7.10. The molecule has 8 heteroatoms. The molecule has 3 aromatic rings. The number of fused-ring (bicyclic) bond motifs is 1. The molecule has 1 aliphatic heterocycles. The quantitative estimate of drug-likeness (QED) is 0.267. The fraction of sp³-hybridized carbons (Fsp3) is 0.500. The van der Waals surface area contributed by atoms with Crippen molar-refractivity contribution in [1.29, 1.82) is 0 Å². The van der Waals surface area contributed by atoms with E-state index in [9.17, 15) is 9.90 Å². The number of halogens is 2. The van der Waals surface area contributed by atoms with Crippen molar-refractivity contribution < 1.29 is 19.0 Å². The molecule has 0 spiro atoms. The molecule has 36 heavy (non-hydrogen) atoms. The Balaban J connectivity index is 1.36. The number of pyridine rings is 1. The van der Waals surface area contributed by atoms with E-state index >= 15 is 4.39 Å². The highest BCUT2D eigenvalue weighted by Gasteiger charge is 2.30. The third-order valence-electron chi connectivity index (χ3n) is 7.38. The van der Waals surface area contributed by atoms with E-state index in [-0.39, 0.29) is 12.3 Å². The largest absolute Gasteiger partial charge is 0.497 e. The number of aliphatic carboxylic acids is 1. The van der Waals surface area contributed by atoms with Crippen LogP contribution in [0.5, 0.6) is 5.75 Å². The second kappa shape index (κ2) is 12.8. The molecular formula is C28H34ClFN2O3S. The number of hydrogen-bond donors (Lipinski definition) is 1. The molecule has 3 heterocycles. The van der Waals surface area contributed by atoms with Gasteiger partial charge in [-0.25, -0.2) is 4.39 Å². The number of carboxylic acids is 1. The second-order valence-corrected chi connectivity index (χ2v) is 11.1. The number of carbonyl (C=O) groups is 1. The predicted octanol–water partition coefficient (Wildman–Crippen LogP) is 7.18. The minimum atomic E-state index is -1.10. The van der Waals surface area contributed by atoms with Crippen molar-refractivity contribution in [3.05, 3.63) is 57.4 Å². The molecule has 1 saturated heterocycles. The summed E-state index contributed by atoms with van der Waals surface area (Å²) in [4.78, 5) is 19.3. The lowest BCUT2D eigenvalue weighted by atomic mass is 9.79. The van der Waals surface area contributed by atoms with Crippen LogP contribution in [-0.2, 0) is 11.2 Å². The van der Waals surface area contributed by atoms with Gasteiger partial charge < -0.3 is 14.7 Å². The SMILES string of the molecule is COc1ccc2nccc([C@@H](F)CCC3CCN(CCCc4sccc4Cl)CC3CCC(=O)O)c2c1. The first-order valence-corrected chi connectivity index (χ1v) is 13.9. The third kappa shape index (κ3) is 6.96. The molecule has 0 radical (unpaired) electrons. The number of piperidine rings is 1. The molecule has 0 amide bonds. The molecule has 3 atom stereocenters. The van der Waals surface area contributed by atoms with Crippen molar-refractivity contribution in [1.82, 2.24) is 9.88 Å². The standard InChI is InChI=1S/C28H34ClFN2O3S/c1-35-21-6-8-26-23(17-21)22(10-13-31-26)25(30)7-4-19-11-15-32(18-20(19)5-9-28(33)34)14-2-3-27-24(29)12-16-36-27/h6,8,10,12-13,16-17,19-20,25H,2-5,7,9,11,14-15,18H2,1H3,(H,33,34)/t19?,20?,25-/m0/s1. The van der Waals surface area contributed by atoms with E-state index in [2.05, 4.69) is 9.88 Å². The molecule has 2 unspecified atom stereocenters. The first kappa shape index (κ1) is 26.8. The topological polar surface area (TPSA) is 62.7 Å². The number of nitrogens with zero attached hydrogens (tertiary/aromatic N) is 2. The maximum atomic E-state index is 15.5. The van der Waals surface area contributed by atoms with Gasteiger partial charge >= 0.3 is 5.97 Å². The summed E-state index contributed by atoms with van der Waals surface area (Å²) in [6, 6.07) is 9.24. The average molecular weight is 533 g/mol. The van der Waals surface area contributed by atoms with Gasteiger partial charge in [-0.2, -0.15) is 0 Å². The molecular weight excluding hydrogens is 499 g/mol. The molecule has 194 valence electrons. The predicted molar refractivity (Wildman–Crippen MR) is 144 cm³/mol. The Morgan fingerprint density at radius 3 is 2.92 bits per heavy atom. The van der Waals surface area contributed by atoms with Crippen molar-refractivity contribution in [3.8, 4) is 5.75 Å². The maximum Gasteiger partial charge on any atom is 0.303 e. The molecule has 2 aromatic heterocycles. The van der Waals surface area contributed by atoms with E-state index in [0.717, 1.165) is 61.2 Å². The average Bonchev–Trinajstić information content (AvgIpc) is 3.30. The number of carboxylic acid groups (broad SMARTS) is 1. The van der Waals surface area contributed by atoms with E-state index in [1.165, 1.54) is 4.88 Å². The van der Waals surface area contributed by atoms with Crippen molar-refractivity contribution >= 4 is 39.8 Å². The number of aryl methyl sites for hydroxylation is 1. The summed E-state index contributed by atoms with van der Waals surface area (Å²) in [6.07, 6.45) is 5.49. The fourth-order valence-electron chi connectivity index (χ4n) is 5.40. The summed E-state index contributed by atoms with van der Waals surface area (Å²) in [6.45, 7) is 2.82. The number of ether oxygens (including phenoxy) is 1. The van der Waals surface area contributed by atoms with Gasteiger partial charge in [-0.1, -0.05) is 11.6 Å². The van der Waals surface area contributed by atoms with Gasteiger partial charge in [0.25, 0.3) is 0 Å². The summed E-state index contributed by atoms with van der Waals surface area (Å²) in [5.74, 6) is 0.514. The zero-order valence-electron chi connectivity index (χ0n) is 20.7. The third-order valence-corrected chi connectivity index (χ3v) is 8.83. The molecule has 0 bridgehead atoms. The van der Waals surface area contributed by atoms with Gasteiger partial charge in [0.05, 0.1) is 17.6 Å². The summed E-state index contributed by atoms with van der Waals surface area (Å²) < 4.78 is 20.9. The Labute approximate surface area is 221 Å². The van der Waals surface area contributed by atoms with Crippen LogP contribution in [0.2, 0.25) is 5.02 Å². The van der Waals surface area contributed by atoms with E-state index < -0.39 is 12.1 Å². The molecule has 0 saturated carbocycles. The first-order chi connectivity index (χ1) is 17.4. The van der Waals surface area contributed by atoms with Gasteiger partial charge in [0.15, 0.2) is 0 Å². The lowest BCUT2D eigenvalue weighted by Gasteiger charge is -2.39. The van der Waals surface area contributed by atoms with Crippen LogP contribution < -0.4 is 4.74 Å². The molecule has 0 aliphatic carbocycles. The van der Waals surface area contributed by atoms with Crippen molar-refractivity contribution in [2.24, 2.45) is 11.8 Å². The second-order valence-electron chi connectivity index (χ2n) is 9.67. The van der Waals surface area contributed by atoms with Crippen LogP contribution in [0.1, 0.15) is 55.1 Å². The Kier molecular flexibility index (Phi) is 9.57. The zero-order chi connectivity index (χ0) is 25.5. The van der Waals surface area contributed by atoms with Crippen molar-refractivity contribution in [2.45, 2.75) is 51.1 Å². The fourth-order valence-corrected chi connectivity index (χ4v) is 6.58. The van der Waals surface area contributed by atoms with E-state index in [1.54, 1.807) is 30.7 Å². The van der Waals surface area contributed by atoms with Crippen LogP contribution in [-0.4, -0.2) is 47.7 Å². The Morgan fingerprint density at radius 2 is 2.17 bits per heavy atom. The van der Waals surface area contributed by atoms with Gasteiger partial charge in [0.2, 0.25) is 0 Å². The van der Waals surface area contributed by atoms with E-state index in [4.69, 9.17) is 16.3 Å². The Bertz CT molecular complexity index is 1160.